The molecule has 392 valence electrons. The van der Waals surface area contributed by atoms with Crippen LogP contribution in [-0.2, 0) is 52.6 Å². The van der Waals surface area contributed by atoms with E-state index in [4.69, 9.17) is 25.7 Å². The molecule has 1 fully saturated rings. The fraction of sp³-hybridized carbons (Fsp3) is 0.822. The smallest absolute Gasteiger partial charge is 0.246 e. The Kier molecular flexibility index (Phi) is 32.2. The van der Waals surface area contributed by atoms with E-state index in [-0.39, 0.29) is 24.7 Å². The van der Waals surface area contributed by atoms with Crippen molar-refractivity contribution in [3.63, 3.8) is 0 Å². The molecule has 9 atom stereocenters. The third kappa shape index (κ3) is 24.2. The highest BCUT2D eigenvalue weighted by atomic mass is 16.5. The lowest BCUT2D eigenvalue weighted by molar-refractivity contribution is -0.143. The van der Waals surface area contributed by atoms with E-state index in [0.717, 1.165) is 0 Å². The summed E-state index contributed by atoms with van der Waals surface area (Å²) in [7, 11) is 1.63. The van der Waals surface area contributed by atoms with E-state index < -0.39 is 89.9 Å². The quantitative estimate of drug-likeness (QED) is 0.0174. The van der Waals surface area contributed by atoms with Gasteiger partial charge in [-0.05, 0) is 90.8 Å². The van der Waals surface area contributed by atoms with E-state index in [1.165, 1.54) is 11.8 Å². The maximum Gasteiger partial charge on any atom is 0.246 e. The maximum absolute atomic E-state index is 13.8. The summed E-state index contributed by atoms with van der Waals surface area (Å²) in [4.78, 5) is 105. The predicted molar refractivity (Wildman–Crippen MR) is 254 cm³/mol. The van der Waals surface area contributed by atoms with Gasteiger partial charge in [0.1, 0.15) is 36.4 Å². The molecular weight excluding hydrogens is 887 g/mol. The Balaban J connectivity index is 2.91. The van der Waals surface area contributed by atoms with Crippen LogP contribution in [0.15, 0.2) is 0 Å². The minimum Gasteiger partial charge on any atom is -0.379 e. The van der Waals surface area contributed by atoms with Crippen molar-refractivity contribution in [2.24, 2.45) is 23.3 Å². The van der Waals surface area contributed by atoms with Crippen LogP contribution in [0.1, 0.15) is 106 Å². The minimum absolute atomic E-state index is 0.168. The van der Waals surface area contributed by atoms with Crippen molar-refractivity contribution < 1.29 is 57.7 Å². The number of carbonyl (C=O) groups is 8. The highest BCUT2D eigenvalue weighted by Crippen LogP contribution is 2.22. The molecule has 0 saturated carbocycles. The van der Waals surface area contributed by atoms with Crippen LogP contribution in [0.4, 0.5) is 0 Å². The van der Waals surface area contributed by atoms with Crippen molar-refractivity contribution >= 4 is 47.8 Å². The lowest BCUT2D eigenvalue weighted by Crippen LogP contribution is -2.60. The molecule has 1 aliphatic rings. The fourth-order valence-corrected chi connectivity index (χ4v) is 7.12. The van der Waals surface area contributed by atoms with Gasteiger partial charge in [-0.3, -0.25) is 43.7 Å². The van der Waals surface area contributed by atoms with Crippen molar-refractivity contribution in [2.45, 2.75) is 154 Å². The zero-order chi connectivity index (χ0) is 51.0. The zero-order valence-electron chi connectivity index (χ0n) is 41.5. The highest BCUT2D eigenvalue weighted by molar-refractivity contribution is 5.97. The number of ether oxygens (including phenoxy) is 3. The van der Waals surface area contributed by atoms with Crippen molar-refractivity contribution in [3.8, 4) is 0 Å². The van der Waals surface area contributed by atoms with Crippen molar-refractivity contribution in [1.29, 1.82) is 0 Å². The third-order valence-electron chi connectivity index (χ3n) is 11.7. The normalized spacial score (nSPS) is 17.1. The van der Waals surface area contributed by atoms with E-state index >= 15 is 0 Å². The number of rotatable bonds is 39. The molecule has 0 aliphatic carbocycles. The molecule has 0 aromatic rings. The van der Waals surface area contributed by atoms with Gasteiger partial charge in [0, 0.05) is 32.7 Å². The molecular formula is C45H85N11O12. The lowest BCUT2D eigenvalue weighted by Gasteiger charge is -2.32. The topological polar surface area (TPSA) is 336 Å². The number of unbranched alkanes of at least 4 members (excludes halogenated alkanes) is 1. The molecule has 0 bridgehead atoms. The Labute approximate surface area is 402 Å². The average Bonchev–Trinajstić information content (AvgIpc) is 3.81. The van der Waals surface area contributed by atoms with Crippen LogP contribution in [0.3, 0.4) is 0 Å². The summed E-state index contributed by atoms with van der Waals surface area (Å²) >= 11 is 0. The number of nitrogens with zero attached hydrogens (tertiary/aromatic N) is 1. The molecule has 1 aliphatic heterocycles. The molecule has 8 amide bonds. The number of aliphatic hydroxyl groups excluding tert-OH is 1. The van der Waals surface area contributed by atoms with E-state index in [0.29, 0.717) is 124 Å². The molecule has 13 N–H and O–H groups in total. The van der Waals surface area contributed by atoms with Crippen molar-refractivity contribution in [2.75, 3.05) is 72.9 Å². The van der Waals surface area contributed by atoms with E-state index in [1.807, 2.05) is 6.92 Å². The molecule has 0 spiro atoms. The Morgan fingerprint density at radius 3 is 1.93 bits per heavy atom. The first-order chi connectivity index (χ1) is 32.4. The number of carbonyl (C=O) groups excluding carboxylic acids is 8. The molecule has 68 heavy (non-hydrogen) atoms. The van der Waals surface area contributed by atoms with Gasteiger partial charge in [0.25, 0.3) is 0 Å². The molecule has 1 saturated heterocycles. The van der Waals surface area contributed by atoms with Crippen molar-refractivity contribution in [1.82, 2.24) is 47.4 Å². The first kappa shape index (κ1) is 61.5. The molecule has 0 aromatic heterocycles. The number of hydrogen-bond acceptors (Lipinski definition) is 15. The number of nitrogens with two attached hydrogens (primary N) is 2. The van der Waals surface area contributed by atoms with Crippen molar-refractivity contribution in [3.05, 3.63) is 0 Å². The fourth-order valence-electron chi connectivity index (χ4n) is 7.12. The van der Waals surface area contributed by atoms with Gasteiger partial charge < -0.3 is 72.9 Å². The highest BCUT2D eigenvalue weighted by Gasteiger charge is 2.41. The predicted octanol–water partition coefficient (Wildman–Crippen LogP) is -2.39. The lowest BCUT2D eigenvalue weighted by atomic mass is 9.97. The van der Waals surface area contributed by atoms with Gasteiger partial charge in [0.15, 0.2) is 0 Å². The number of likely N-dealkylation sites (N-methyl/N-ethyl adjacent to an activating group) is 1. The monoisotopic (exact) mass is 972 g/mol. The average molecular weight is 972 g/mol. The summed E-state index contributed by atoms with van der Waals surface area (Å²) < 4.78 is 16.5. The second kappa shape index (κ2) is 35.6. The Morgan fingerprint density at radius 1 is 0.735 bits per heavy atom. The SMILES string of the molecule is CC[C@H](C)[C@H](NC(=O)[C@@H]1CCCN1C(=O)[C@@H](NC(=O)[C@H](C)NC)C(C)C)C(=O)N[C@@H](C)C(=O)N[C@@H](CCC(N)=O)C(=O)N[C@@H](CCCCN)C(O)NCCCOCCOCCOCCCNC=O. The first-order valence-electron chi connectivity index (χ1n) is 24.2. The molecule has 1 rings (SSSR count). The maximum atomic E-state index is 13.8. The van der Waals surface area contributed by atoms with E-state index in [2.05, 4.69) is 42.5 Å². The number of amides is 8. The largest absolute Gasteiger partial charge is 0.379 e. The van der Waals surface area contributed by atoms with Crippen LogP contribution >= 0.6 is 0 Å². The molecule has 23 heteroatoms. The second-order valence-corrected chi connectivity index (χ2v) is 17.5. The van der Waals surface area contributed by atoms with Gasteiger partial charge >= 0.3 is 0 Å². The number of nitrogens with one attached hydrogen (secondary N) is 8. The summed E-state index contributed by atoms with van der Waals surface area (Å²) in [5, 5.41) is 33.2. The Bertz CT molecular complexity index is 1530. The van der Waals surface area contributed by atoms with Gasteiger partial charge in [-0.1, -0.05) is 40.5 Å². The van der Waals surface area contributed by atoms with Crippen LogP contribution in [0.5, 0.6) is 0 Å². The van der Waals surface area contributed by atoms with Gasteiger partial charge in [-0.25, -0.2) is 0 Å². The van der Waals surface area contributed by atoms with Crippen LogP contribution in [0, 0.1) is 11.8 Å². The molecule has 0 aromatic carbocycles. The van der Waals surface area contributed by atoms with Crippen LogP contribution < -0.4 is 54.0 Å². The molecule has 1 heterocycles. The van der Waals surface area contributed by atoms with Gasteiger partial charge in [-0.15, -0.1) is 0 Å². The summed E-state index contributed by atoms with van der Waals surface area (Å²) in [5.41, 5.74) is 11.1. The van der Waals surface area contributed by atoms with Gasteiger partial charge in [0.2, 0.25) is 47.8 Å². The van der Waals surface area contributed by atoms with Crippen LogP contribution in [-0.4, -0.2) is 179 Å². The third-order valence-corrected chi connectivity index (χ3v) is 11.7. The first-order valence-corrected chi connectivity index (χ1v) is 24.2. The number of aliphatic hydroxyl groups is 1. The Hall–Kier alpha value is -4.52. The summed E-state index contributed by atoms with van der Waals surface area (Å²) in [6.07, 6.45) is 3.20. The van der Waals surface area contributed by atoms with Crippen LogP contribution in [0.2, 0.25) is 0 Å². The van der Waals surface area contributed by atoms with Gasteiger partial charge in [0.05, 0.1) is 38.5 Å². The molecule has 23 nitrogen and oxygen atoms in total. The second-order valence-electron chi connectivity index (χ2n) is 17.5. The number of likely N-dealkylation sites (tertiary alicyclic amines) is 1. The Morgan fingerprint density at radius 2 is 1.35 bits per heavy atom. The van der Waals surface area contributed by atoms with E-state index in [1.54, 1.807) is 34.7 Å². The molecule has 0 radical (unpaired) electrons. The summed E-state index contributed by atoms with van der Waals surface area (Å²) in [5.74, 6) is -4.77. The molecule has 1 unspecified atom stereocenters. The number of hydrogen-bond donors (Lipinski definition) is 11. The zero-order valence-corrected chi connectivity index (χ0v) is 41.5. The minimum atomic E-state index is -1.27. The van der Waals surface area contributed by atoms with E-state index in [9.17, 15) is 43.5 Å². The standard InChI is InChI=1S/C45H85N11O12/c1-8-30(4)38(55-43(63)35-15-11-21-56(35)45(65)37(29(2)3)54-39(59)31(5)48-7)44(64)51-32(6)40(60)52-34(16-17-36(47)58)42(62)53-33(14-9-10-18-46)41(61)50-20-13-23-67-25-27-68-26-24-66-22-12-19-49-28-57/h28-35,37-38,41,48,50,61H,8-27,46H2,1-7H3,(H2,47,58)(H,49,57)(H,51,64)(H,52,60)(H,53,62)(H,54,59)(H,55,63)/t30-,31-,32-,33-,34-,35-,37-,38-,41?/m0/s1. The summed E-state index contributed by atoms with van der Waals surface area (Å²) in [6, 6.07) is -6.70. The summed E-state index contributed by atoms with van der Waals surface area (Å²) in [6.45, 7) is 14.4. The van der Waals surface area contributed by atoms with Crippen LogP contribution in [0.25, 0.3) is 0 Å². The number of primary amides is 1. The van der Waals surface area contributed by atoms with Gasteiger partial charge in [-0.2, -0.15) is 0 Å².